The first-order valence-electron chi connectivity index (χ1n) is 8.00. The smallest absolute Gasteiger partial charge is 0.0779 e. The second-order valence-corrected chi connectivity index (χ2v) is 6.14. The summed E-state index contributed by atoms with van der Waals surface area (Å²) in [5, 5.41) is 0. The number of hydrogen-bond donors (Lipinski definition) is 1. The Balaban J connectivity index is 1.70. The number of ether oxygens (including phenoxy) is 1. The molecule has 3 rings (SSSR count). The third-order valence-electron chi connectivity index (χ3n) is 4.77. The Hall–Kier alpha value is -1.06. The molecule has 0 bridgehead atoms. The summed E-state index contributed by atoms with van der Waals surface area (Å²) in [6.07, 6.45) is 6.27. The number of nitrogens with zero attached hydrogens (tertiary/aromatic N) is 1. The lowest BCUT2D eigenvalue weighted by atomic mass is 10.0. The number of fused-ring (bicyclic) bond motifs is 1. The molecular formula is C17H26N2O. The SMILES string of the molecule is CCC(N)Cc1ccc(N2CCOC3CCCC32)cc1. The van der Waals surface area contributed by atoms with E-state index in [9.17, 15) is 0 Å². The van der Waals surface area contributed by atoms with Crippen molar-refractivity contribution >= 4 is 5.69 Å². The van der Waals surface area contributed by atoms with Crippen molar-refractivity contribution in [2.75, 3.05) is 18.1 Å². The van der Waals surface area contributed by atoms with Gasteiger partial charge >= 0.3 is 0 Å². The van der Waals surface area contributed by atoms with Gasteiger partial charge in [0, 0.05) is 18.3 Å². The molecule has 2 N–H and O–H groups in total. The Bertz CT molecular complexity index is 431. The molecule has 1 saturated carbocycles. The second-order valence-electron chi connectivity index (χ2n) is 6.14. The molecule has 0 amide bonds. The van der Waals surface area contributed by atoms with Gasteiger partial charge in [0.05, 0.1) is 18.8 Å². The minimum Gasteiger partial charge on any atom is -0.374 e. The number of benzene rings is 1. The lowest BCUT2D eigenvalue weighted by Crippen LogP contribution is -2.48. The molecule has 1 saturated heterocycles. The van der Waals surface area contributed by atoms with Gasteiger partial charge < -0.3 is 15.4 Å². The molecule has 20 heavy (non-hydrogen) atoms. The highest BCUT2D eigenvalue weighted by molar-refractivity contribution is 5.49. The van der Waals surface area contributed by atoms with Crippen LogP contribution in [0.15, 0.2) is 24.3 Å². The molecular weight excluding hydrogens is 248 g/mol. The van der Waals surface area contributed by atoms with E-state index in [1.54, 1.807) is 0 Å². The normalized spacial score (nSPS) is 27.4. The van der Waals surface area contributed by atoms with Gasteiger partial charge in [-0.1, -0.05) is 19.1 Å². The monoisotopic (exact) mass is 274 g/mol. The summed E-state index contributed by atoms with van der Waals surface area (Å²) in [6.45, 7) is 4.03. The van der Waals surface area contributed by atoms with Crippen LogP contribution >= 0.6 is 0 Å². The van der Waals surface area contributed by atoms with E-state index in [4.69, 9.17) is 10.5 Å². The summed E-state index contributed by atoms with van der Waals surface area (Å²) < 4.78 is 5.89. The number of morpholine rings is 1. The van der Waals surface area contributed by atoms with Gasteiger partial charge in [-0.3, -0.25) is 0 Å². The summed E-state index contributed by atoms with van der Waals surface area (Å²) >= 11 is 0. The minimum atomic E-state index is 0.281. The van der Waals surface area contributed by atoms with Crippen molar-refractivity contribution in [3.05, 3.63) is 29.8 Å². The van der Waals surface area contributed by atoms with E-state index < -0.39 is 0 Å². The molecule has 2 fully saturated rings. The summed E-state index contributed by atoms with van der Waals surface area (Å²) in [6, 6.07) is 9.88. The molecule has 1 aliphatic heterocycles. The predicted octanol–water partition coefficient (Wildman–Crippen LogP) is 2.72. The van der Waals surface area contributed by atoms with Crippen molar-refractivity contribution in [1.29, 1.82) is 0 Å². The minimum absolute atomic E-state index is 0.281. The van der Waals surface area contributed by atoms with Gasteiger partial charge in [0.15, 0.2) is 0 Å². The largest absolute Gasteiger partial charge is 0.374 e. The highest BCUT2D eigenvalue weighted by Gasteiger charge is 2.35. The fraction of sp³-hybridized carbons (Fsp3) is 0.647. The second kappa shape index (κ2) is 6.15. The van der Waals surface area contributed by atoms with Crippen LogP contribution in [0, 0.1) is 0 Å². The van der Waals surface area contributed by atoms with Crippen LogP contribution in [0.1, 0.15) is 38.2 Å². The lowest BCUT2D eigenvalue weighted by molar-refractivity contribution is 0.0256. The molecule has 1 aromatic rings. The van der Waals surface area contributed by atoms with Crippen molar-refractivity contribution in [1.82, 2.24) is 0 Å². The van der Waals surface area contributed by atoms with Crippen molar-refractivity contribution in [2.24, 2.45) is 5.73 Å². The van der Waals surface area contributed by atoms with Crippen LogP contribution in [-0.4, -0.2) is 31.3 Å². The first kappa shape index (κ1) is 13.9. The molecule has 3 atom stereocenters. The van der Waals surface area contributed by atoms with Crippen LogP contribution in [0.3, 0.4) is 0 Å². The molecule has 1 aromatic carbocycles. The van der Waals surface area contributed by atoms with E-state index >= 15 is 0 Å². The van der Waals surface area contributed by atoms with Crippen molar-refractivity contribution in [2.45, 2.75) is 57.2 Å². The molecule has 0 aromatic heterocycles. The topological polar surface area (TPSA) is 38.5 Å². The van der Waals surface area contributed by atoms with Crippen LogP contribution < -0.4 is 10.6 Å². The first-order valence-corrected chi connectivity index (χ1v) is 8.00. The summed E-state index contributed by atoms with van der Waals surface area (Å²) in [4.78, 5) is 2.55. The molecule has 1 heterocycles. The average molecular weight is 274 g/mol. The average Bonchev–Trinajstić information content (AvgIpc) is 2.96. The maximum Gasteiger partial charge on any atom is 0.0779 e. The molecule has 1 aliphatic carbocycles. The summed E-state index contributed by atoms with van der Waals surface area (Å²) in [7, 11) is 0. The van der Waals surface area contributed by atoms with Gasteiger partial charge in [-0.15, -0.1) is 0 Å². The van der Waals surface area contributed by atoms with Gasteiger partial charge in [-0.25, -0.2) is 0 Å². The van der Waals surface area contributed by atoms with E-state index in [1.165, 1.54) is 30.5 Å². The Labute approximate surface area is 122 Å². The Kier molecular flexibility index (Phi) is 4.27. The fourth-order valence-corrected chi connectivity index (χ4v) is 3.52. The molecule has 3 nitrogen and oxygen atoms in total. The van der Waals surface area contributed by atoms with Gasteiger partial charge in [0.2, 0.25) is 0 Å². The van der Waals surface area contributed by atoms with Crippen LogP contribution in [0.4, 0.5) is 5.69 Å². The van der Waals surface area contributed by atoms with E-state index in [0.717, 1.165) is 26.0 Å². The van der Waals surface area contributed by atoms with Gasteiger partial charge in [-0.05, 0) is 49.8 Å². The van der Waals surface area contributed by atoms with Crippen LogP contribution in [0.2, 0.25) is 0 Å². The van der Waals surface area contributed by atoms with Gasteiger partial charge in [-0.2, -0.15) is 0 Å². The molecule has 3 heteroatoms. The zero-order valence-electron chi connectivity index (χ0n) is 12.4. The van der Waals surface area contributed by atoms with Crippen molar-refractivity contribution < 1.29 is 4.74 Å². The van der Waals surface area contributed by atoms with Crippen LogP contribution in [0.25, 0.3) is 0 Å². The zero-order valence-corrected chi connectivity index (χ0v) is 12.4. The first-order chi connectivity index (χ1) is 9.78. The number of rotatable bonds is 4. The van der Waals surface area contributed by atoms with E-state index in [0.29, 0.717) is 12.1 Å². The summed E-state index contributed by atoms with van der Waals surface area (Å²) in [5.41, 5.74) is 8.72. The molecule has 0 radical (unpaired) electrons. The highest BCUT2D eigenvalue weighted by atomic mass is 16.5. The predicted molar refractivity (Wildman–Crippen MR) is 83.1 cm³/mol. The number of hydrogen-bond acceptors (Lipinski definition) is 3. The number of anilines is 1. The third kappa shape index (κ3) is 2.84. The Morgan fingerprint density at radius 2 is 2.10 bits per heavy atom. The Morgan fingerprint density at radius 3 is 2.85 bits per heavy atom. The van der Waals surface area contributed by atoms with E-state index in [-0.39, 0.29) is 6.04 Å². The standard InChI is InChI=1S/C17H26N2O/c1-2-14(18)12-13-6-8-15(9-7-13)19-10-11-20-17-5-3-4-16(17)19/h6-9,14,16-17H,2-5,10-12,18H2,1H3. The quantitative estimate of drug-likeness (QED) is 0.917. The Morgan fingerprint density at radius 1 is 1.30 bits per heavy atom. The molecule has 2 aliphatic rings. The van der Waals surface area contributed by atoms with Crippen LogP contribution in [-0.2, 0) is 11.2 Å². The van der Waals surface area contributed by atoms with Crippen molar-refractivity contribution in [3.63, 3.8) is 0 Å². The van der Waals surface area contributed by atoms with Crippen LogP contribution in [0.5, 0.6) is 0 Å². The highest BCUT2D eigenvalue weighted by Crippen LogP contribution is 2.33. The zero-order chi connectivity index (χ0) is 13.9. The summed E-state index contributed by atoms with van der Waals surface area (Å²) in [5.74, 6) is 0. The maximum absolute atomic E-state index is 6.03. The molecule has 0 spiro atoms. The lowest BCUT2D eigenvalue weighted by Gasteiger charge is -2.39. The van der Waals surface area contributed by atoms with E-state index in [2.05, 4.69) is 36.1 Å². The maximum atomic E-state index is 6.03. The molecule has 110 valence electrons. The van der Waals surface area contributed by atoms with E-state index in [1.807, 2.05) is 0 Å². The van der Waals surface area contributed by atoms with Gasteiger partial charge in [0.25, 0.3) is 0 Å². The fourth-order valence-electron chi connectivity index (χ4n) is 3.52. The third-order valence-corrected chi connectivity index (χ3v) is 4.77. The van der Waals surface area contributed by atoms with Gasteiger partial charge in [0.1, 0.15) is 0 Å². The molecule has 3 unspecified atom stereocenters. The van der Waals surface area contributed by atoms with Crippen molar-refractivity contribution in [3.8, 4) is 0 Å². The number of nitrogens with two attached hydrogens (primary N) is 1.